The fourth-order valence-corrected chi connectivity index (χ4v) is 2.19. The second-order valence-corrected chi connectivity index (χ2v) is 4.83. The Bertz CT molecular complexity index is 178. The lowest BCUT2D eigenvalue weighted by Gasteiger charge is -2.29. The average molecular weight is 234 g/mol. The van der Waals surface area contributed by atoms with Gasteiger partial charge in [0.1, 0.15) is 5.41 Å². The minimum atomic E-state index is -0.531. The van der Waals surface area contributed by atoms with Crippen molar-refractivity contribution in [2.24, 2.45) is 0 Å². The maximum absolute atomic E-state index is 11.2. The van der Waals surface area contributed by atoms with Gasteiger partial charge in [0, 0.05) is 19.6 Å². The summed E-state index contributed by atoms with van der Waals surface area (Å²) in [5.41, 5.74) is -0.531. The predicted octanol–water partition coefficient (Wildman–Crippen LogP) is 0.422. The standard InChI is InChI=1S/C10H22O4Si/c1-4-12-9(11)7-8-10(15,13-5-2)14-6-3/h4-8H2,1-3,15H3. The Morgan fingerprint density at radius 1 is 1.13 bits per heavy atom. The Labute approximate surface area is 94.7 Å². The predicted molar refractivity (Wildman–Crippen MR) is 61.8 cm³/mol. The highest BCUT2D eigenvalue weighted by Crippen LogP contribution is 2.16. The van der Waals surface area contributed by atoms with Gasteiger partial charge in [-0.1, -0.05) is 0 Å². The van der Waals surface area contributed by atoms with Crippen LogP contribution < -0.4 is 0 Å². The summed E-state index contributed by atoms with van der Waals surface area (Å²) in [4.78, 5) is 11.2. The molecule has 0 bridgehead atoms. The molecule has 0 radical (unpaired) electrons. The lowest BCUT2D eigenvalue weighted by Crippen LogP contribution is -2.37. The highest BCUT2D eigenvalue weighted by molar-refractivity contribution is 6.13. The smallest absolute Gasteiger partial charge is 0.305 e. The van der Waals surface area contributed by atoms with Gasteiger partial charge in [-0.25, -0.2) is 0 Å². The SMILES string of the molecule is CCOC(=O)CCC([SiH3])(OCC)OCC. The Hall–Kier alpha value is -0.393. The summed E-state index contributed by atoms with van der Waals surface area (Å²) >= 11 is 0. The van der Waals surface area contributed by atoms with Crippen molar-refractivity contribution in [3.63, 3.8) is 0 Å². The Morgan fingerprint density at radius 2 is 1.67 bits per heavy atom. The molecule has 5 heteroatoms. The molecular formula is C10H22O4Si. The summed E-state index contributed by atoms with van der Waals surface area (Å²) < 4.78 is 15.9. The van der Waals surface area contributed by atoms with Gasteiger partial charge in [0.05, 0.1) is 23.3 Å². The van der Waals surface area contributed by atoms with E-state index in [1.54, 1.807) is 6.92 Å². The molecule has 4 nitrogen and oxygen atoms in total. The second-order valence-electron chi connectivity index (χ2n) is 3.30. The van der Waals surface area contributed by atoms with Crippen LogP contribution in [0.2, 0.25) is 0 Å². The van der Waals surface area contributed by atoms with Crippen LogP contribution in [0.4, 0.5) is 0 Å². The Balaban J connectivity index is 3.99. The molecule has 90 valence electrons. The molecule has 0 unspecified atom stereocenters. The van der Waals surface area contributed by atoms with Gasteiger partial charge in [0.2, 0.25) is 0 Å². The molecule has 0 spiro atoms. The van der Waals surface area contributed by atoms with Gasteiger partial charge < -0.3 is 14.2 Å². The molecule has 0 aliphatic rings. The molecule has 15 heavy (non-hydrogen) atoms. The zero-order valence-corrected chi connectivity index (χ0v) is 12.2. The topological polar surface area (TPSA) is 44.8 Å². The molecule has 0 aliphatic heterocycles. The van der Waals surface area contributed by atoms with E-state index in [1.807, 2.05) is 13.8 Å². The van der Waals surface area contributed by atoms with Crippen molar-refractivity contribution in [1.29, 1.82) is 0 Å². The summed E-state index contributed by atoms with van der Waals surface area (Å²) in [5.74, 6) is -0.183. The third-order valence-corrected chi connectivity index (χ3v) is 3.07. The van der Waals surface area contributed by atoms with Crippen LogP contribution in [0.5, 0.6) is 0 Å². The van der Waals surface area contributed by atoms with Crippen molar-refractivity contribution in [1.82, 2.24) is 0 Å². The van der Waals surface area contributed by atoms with Crippen LogP contribution in [-0.4, -0.2) is 41.4 Å². The second kappa shape index (κ2) is 7.84. The highest BCUT2D eigenvalue weighted by Gasteiger charge is 2.25. The van der Waals surface area contributed by atoms with Crippen LogP contribution in [0, 0.1) is 0 Å². The number of carbonyl (C=O) groups excluding carboxylic acids is 1. The van der Waals surface area contributed by atoms with Crippen molar-refractivity contribution in [2.45, 2.75) is 39.0 Å². The van der Waals surface area contributed by atoms with E-state index in [4.69, 9.17) is 14.2 Å². The van der Waals surface area contributed by atoms with E-state index in [2.05, 4.69) is 0 Å². The molecule has 0 rings (SSSR count). The first-order valence-electron chi connectivity index (χ1n) is 5.51. The van der Waals surface area contributed by atoms with Gasteiger partial charge in [0.25, 0.3) is 0 Å². The van der Waals surface area contributed by atoms with Crippen molar-refractivity contribution < 1.29 is 19.0 Å². The molecule has 0 aromatic carbocycles. The maximum atomic E-state index is 11.2. The number of hydrogen-bond donors (Lipinski definition) is 0. The van der Waals surface area contributed by atoms with Crippen LogP contribution in [0.1, 0.15) is 33.6 Å². The normalized spacial score (nSPS) is 11.7. The van der Waals surface area contributed by atoms with Crippen LogP contribution in [0.3, 0.4) is 0 Å². The minimum absolute atomic E-state index is 0.183. The first-order chi connectivity index (χ1) is 7.08. The first-order valence-corrected chi connectivity index (χ1v) is 6.51. The van der Waals surface area contributed by atoms with Crippen molar-refractivity contribution in [2.75, 3.05) is 19.8 Å². The van der Waals surface area contributed by atoms with E-state index in [1.165, 1.54) is 0 Å². The molecule has 0 atom stereocenters. The summed E-state index contributed by atoms with van der Waals surface area (Å²) in [6, 6.07) is 0. The molecule has 0 aliphatic carbocycles. The number of ether oxygens (including phenoxy) is 3. The van der Waals surface area contributed by atoms with Gasteiger partial charge in [-0.3, -0.25) is 4.79 Å². The van der Waals surface area contributed by atoms with Gasteiger partial charge >= 0.3 is 5.97 Å². The fourth-order valence-electron chi connectivity index (χ4n) is 1.36. The van der Waals surface area contributed by atoms with Crippen LogP contribution >= 0.6 is 0 Å². The molecule has 0 saturated carbocycles. The molecule has 0 amide bonds. The monoisotopic (exact) mass is 234 g/mol. The van der Waals surface area contributed by atoms with E-state index < -0.39 is 5.41 Å². The van der Waals surface area contributed by atoms with Crippen molar-refractivity contribution in [3.8, 4) is 0 Å². The summed E-state index contributed by atoms with van der Waals surface area (Å²) in [5, 5.41) is 0. The van der Waals surface area contributed by atoms with Gasteiger partial charge in [-0.15, -0.1) is 0 Å². The molecule has 0 N–H and O–H groups in total. The van der Waals surface area contributed by atoms with E-state index in [-0.39, 0.29) is 5.97 Å². The number of rotatable bonds is 8. The minimum Gasteiger partial charge on any atom is -0.466 e. The van der Waals surface area contributed by atoms with E-state index in [9.17, 15) is 4.79 Å². The zero-order valence-electron chi connectivity index (χ0n) is 10.2. The van der Waals surface area contributed by atoms with Crippen LogP contribution in [0.15, 0.2) is 0 Å². The van der Waals surface area contributed by atoms with Gasteiger partial charge in [-0.2, -0.15) is 0 Å². The lowest BCUT2D eigenvalue weighted by molar-refractivity contribution is -0.181. The third-order valence-electron chi connectivity index (χ3n) is 1.99. The van der Waals surface area contributed by atoms with E-state index >= 15 is 0 Å². The van der Waals surface area contributed by atoms with Crippen molar-refractivity contribution in [3.05, 3.63) is 0 Å². The lowest BCUT2D eigenvalue weighted by atomic mass is 10.3. The van der Waals surface area contributed by atoms with Crippen LogP contribution in [0.25, 0.3) is 0 Å². The first kappa shape index (κ1) is 14.6. The molecular weight excluding hydrogens is 212 g/mol. The van der Waals surface area contributed by atoms with E-state index in [0.717, 1.165) is 10.2 Å². The van der Waals surface area contributed by atoms with Crippen LogP contribution in [-0.2, 0) is 19.0 Å². The number of carbonyl (C=O) groups is 1. The number of hydrogen-bond acceptors (Lipinski definition) is 4. The molecule has 0 aromatic rings. The van der Waals surface area contributed by atoms with Crippen molar-refractivity contribution >= 4 is 16.2 Å². The summed E-state index contributed by atoms with van der Waals surface area (Å²) in [6.45, 7) is 7.29. The van der Waals surface area contributed by atoms with E-state index in [0.29, 0.717) is 32.7 Å². The van der Waals surface area contributed by atoms with Gasteiger partial charge in [-0.05, 0) is 20.8 Å². The molecule has 0 heterocycles. The molecule has 0 saturated heterocycles. The number of esters is 1. The average Bonchev–Trinajstić information content (AvgIpc) is 2.16. The Kier molecular flexibility index (Phi) is 7.64. The summed E-state index contributed by atoms with van der Waals surface area (Å²) in [7, 11) is 0.745. The molecule has 0 aromatic heterocycles. The third kappa shape index (κ3) is 6.65. The zero-order chi connectivity index (χ0) is 11.7. The molecule has 0 fully saturated rings. The highest BCUT2D eigenvalue weighted by atomic mass is 28.1. The largest absolute Gasteiger partial charge is 0.466 e. The summed E-state index contributed by atoms with van der Waals surface area (Å²) in [6.07, 6.45) is 0.942. The van der Waals surface area contributed by atoms with Gasteiger partial charge in [0.15, 0.2) is 0 Å². The Morgan fingerprint density at radius 3 is 2.07 bits per heavy atom. The maximum Gasteiger partial charge on any atom is 0.305 e. The fraction of sp³-hybridized carbons (Fsp3) is 0.900. The quantitative estimate of drug-likeness (QED) is 0.347.